The lowest BCUT2D eigenvalue weighted by molar-refractivity contribution is 0.0910. The van der Waals surface area contributed by atoms with E-state index in [9.17, 15) is 4.79 Å². The summed E-state index contributed by atoms with van der Waals surface area (Å²) in [5.41, 5.74) is 1.49. The van der Waals surface area contributed by atoms with Crippen molar-refractivity contribution in [2.75, 3.05) is 7.11 Å². The molecule has 1 aliphatic rings. The van der Waals surface area contributed by atoms with Gasteiger partial charge in [0.05, 0.1) is 17.8 Å². The number of aryl methyl sites for hydroxylation is 1. The number of carbonyl (C=O) groups excluding carboxylic acids is 1. The van der Waals surface area contributed by atoms with Gasteiger partial charge in [0.2, 0.25) is 0 Å². The Morgan fingerprint density at radius 3 is 2.81 bits per heavy atom. The molecule has 1 fully saturated rings. The summed E-state index contributed by atoms with van der Waals surface area (Å²) in [6.45, 7) is 4.56. The van der Waals surface area contributed by atoms with Gasteiger partial charge in [-0.3, -0.25) is 4.79 Å². The van der Waals surface area contributed by atoms with Gasteiger partial charge in [-0.05, 0) is 43.9 Å². The van der Waals surface area contributed by atoms with E-state index in [0.717, 1.165) is 17.1 Å². The zero-order chi connectivity index (χ0) is 18.5. The van der Waals surface area contributed by atoms with E-state index in [4.69, 9.17) is 9.47 Å². The van der Waals surface area contributed by atoms with Crippen LogP contribution < -0.4 is 14.8 Å². The Morgan fingerprint density at radius 2 is 2.12 bits per heavy atom. The van der Waals surface area contributed by atoms with Gasteiger partial charge in [-0.15, -0.1) is 11.3 Å². The van der Waals surface area contributed by atoms with Gasteiger partial charge < -0.3 is 14.8 Å². The molecular formula is C20H26N2O3S. The number of hydrogen-bond donors (Lipinski definition) is 1. The number of benzene rings is 1. The molecular weight excluding hydrogens is 348 g/mol. The third-order valence-corrected chi connectivity index (χ3v) is 5.72. The number of amides is 1. The van der Waals surface area contributed by atoms with Gasteiger partial charge in [0, 0.05) is 17.0 Å². The summed E-state index contributed by atoms with van der Waals surface area (Å²) in [6.07, 6.45) is 4.67. The molecule has 0 radical (unpaired) electrons. The topological polar surface area (TPSA) is 60.5 Å². The second kappa shape index (κ2) is 8.54. The maximum absolute atomic E-state index is 12.6. The van der Waals surface area contributed by atoms with Crippen molar-refractivity contribution >= 4 is 17.2 Å². The molecule has 0 unspecified atom stereocenters. The quantitative estimate of drug-likeness (QED) is 0.817. The minimum Gasteiger partial charge on any atom is -0.493 e. The van der Waals surface area contributed by atoms with Gasteiger partial charge >= 0.3 is 0 Å². The van der Waals surface area contributed by atoms with Crippen LogP contribution in [-0.4, -0.2) is 24.0 Å². The minimum absolute atomic E-state index is 0.0521. The van der Waals surface area contributed by atoms with E-state index in [1.807, 2.05) is 12.3 Å². The fourth-order valence-corrected chi connectivity index (χ4v) is 3.93. The number of carbonyl (C=O) groups is 1. The smallest absolute Gasteiger partial charge is 0.251 e. The summed E-state index contributed by atoms with van der Waals surface area (Å²) in [5, 5.41) is 6.17. The highest BCUT2D eigenvalue weighted by atomic mass is 32.1. The molecule has 2 atom stereocenters. The van der Waals surface area contributed by atoms with Crippen LogP contribution >= 0.6 is 11.3 Å². The summed E-state index contributed by atoms with van der Waals surface area (Å²) < 4.78 is 11.2. The van der Waals surface area contributed by atoms with Crippen molar-refractivity contribution in [3.63, 3.8) is 0 Å². The number of aromatic nitrogens is 1. The first-order valence-electron chi connectivity index (χ1n) is 9.09. The molecule has 1 heterocycles. The second-order valence-corrected chi connectivity index (χ2v) is 7.92. The van der Waals surface area contributed by atoms with E-state index in [1.165, 1.54) is 19.3 Å². The molecule has 6 heteroatoms. The van der Waals surface area contributed by atoms with Crippen LogP contribution in [0.1, 0.15) is 53.7 Å². The predicted molar refractivity (Wildman–Crippen MR) is 103 cm³/mol. The lowest BCUT2D eigenvalue weighted by atomic mass is 9.86. The third kappa shape index (κ3) is 4.55. The highest BCUT2D eigenvalue weighted by Gasteiger charge is 2.23. The monoisotopic (exact) mass is 374 g/mol. The van der Waals surface area contributed by atoms with E-state index in [2.05, 4.69) is 17.2 Å². The fourth-order valence-electron chi connectivity index (χ4n) is 3.34. The van der Waals surface area contributed by atoms with E-state index in [0.29, 0.717) is 29.6 Å². The molecule has 5 nitrogen and oxygen atoms in total. The van der Waals surface area contributed by atoms with Crippen LogP contribution in [0.2, 0.25) is 0 Å². The molecule has 1 aromatic heterocycles. The molecule has 0 saturated heterocycles. The first-order valence-corrected chi connectivity index (χ1v) is 9.97. The van der Waals surface area contributed by atoms with Crippen LogP contribution in [0.4, 0.5) is 0 Å². The summed E-state index contributed by atoms with van der Waals surface area (Å²) in [5.74, 6) is 1.64. The summed E-state index contributed by atoms with van der Waals surface area (Å²) in [4.78, 5) is 17.0. The maximum atomic E-state index is 12.6. The molecule has 1 saturated carbocycles. The lowest BCUT2D eigenvalue weighted by Crippen LogP contribution is -2.41. The molecule has 1 aromatic carbocycles. The maximum Gasteiger partial charge on any atom is 0.251 e. The van der Waals surface area contributed by atoms with Crippen LogP contribution in [0.15, 0.2) is 23.6 Å². The highest BCUT2D eigenvalue weighted by Crippen LogP contribution is 2.30. The Kier molecular flexibility index (Phi) is 6.14. The summed E-state index contributed by atoms with van der Waals surface area (Å²) in [7, 11) is 1.58. The van der Waals surface area contributed by atoms with Crippen molar-refractivity contribution in [1.82, 2.24) is 10.3 Å². The Bertz CT molecular complexity index is 759. The Morgan fingerprint density at radius 1 is 1.31 bits per heavy atom. The molecule has 0 bridgehead atoms. The van der Waals surface area contributed by atoms with E-state index < -0.39 is 0 Å². The number of nitrogens with zero attached hydrogens (tertiary/aromatic N) is 1. The highest BCUT2D eigenvalue weighted by molar-refractivity contribution is 7.09. The normalized spacial score (nSPS) is 19.8. The Labute approximate surface area is 158 Å². The van der Waals surface area contributed by atoms with Crippen LogP contribution in [-0.2, 0) is 6.61 Å². The van der Waals surface area contributed by atoms with Crippen molar-refractivity contribution in [3.05, 3.63) is 39.8 Å². The van der Waals surface area contributed by atoms with Crippen molar-refractivity contribution in [1.29, 1.82) is 0 Å². The third-order valence-electron chi connectivity index (χ3n) is 4.90. The number of hydrogen-bond acceptors (Lipinski definition) is 5. The lowest BCUT2D eigenvalue weighted by Gasteiger charge is -2.29. The van der Waals surface area contributed by atoms with Crippen LogP contribution in [0.5, 0.6) is 11.5 Å². The molecule has 1 aliphatic carbocycles. The number of nitrogens with one attached hydrogen (secondary N) is 1. The molecule has 0 spiro atoms. The number of methoxy groups -OCH3 is 1. The molecule has 26 heavy (non-hydrogen) atoms. The molecule has 3 rings (SSSR count). The van der Waals surface area contributed by atoms with Gasteiger partial charge in [-0.25, -0.2) is 4.98 Å². The Hall–Kier alpha value is -2.08. The van der Waals surface area contributed by atoms with Crippen molar-refractivity contribution in [2.24, 2.45) is 5.92 Å². The average Bonchev–Trinajstić information content (AvgIpc) is 3.07. The molecule has 1 N–H and O–H groups in total. The summed E-state index contributed by atoms with van der Waals surface area (Å²) >= 11 is 1.60. The first-order chi connectivity index (χ1) is 12.6. The molecule has 2 aromatic rings. The van der Waals surface area contributed by atoms with Crippen LogP contribution in [0.25, 0.3) is 0 Å². The van der Waals surface area contributed by atoms with Gasteiger partial charge in [-0.1, -0.05) is 19.8 Å². The van der Waals surface area contributed by atoms with Gasteiger partial charge in [-0.2, -0.15) is 0 Å². The van der Waals surface area contributed by atoms with Gasteiger partial charge in [0.25, 0.3) is 5.91 Å². The predicted octanol–water partition coefficient (Wildman–Crippen LogP) is 4.35. The molecule has 140 valence electrons. The first kappa shape index (κ1) is 18.7. The number of ether oxygens (including phenoxy) is 2. The summed E-state index contributed by atoms with van der Waals surface area (Å²) in [6, 6.07) is 5.57. The zero-order valence-electron chi connectivity index (χ0n) is 15.6. The van der Waals surface area contributed by atoms with Crippen LogP contribution in [0.3, 0.4) is 0 Å². The molecule has 0 aliphatic heterocycles. The fraction of sp³-hybridized carbons (Fsp3) is 0.500. The standard InChI is InChI=1S/C20H26N2O3S/c1-13-6-4-5-7-17(13)22-20(23)15-8-9-18(19(10-15)24-3)25-11-16-12-26-14(2)21-16/h8-10,12-13,17H,4-7,11H2,1-3H3,(H,22,23)/t13-,17-/m1/s1. The largest absolute Gasteiger partial charge is 0.493 e. The van der Waals surface area contributed by atoms with Crippen LogP contribution in [0, 0.1) is 12.8 Å². The Balaban J connectivity index is 1.66. The second-order valence-electron chi connectivity index (χ2n) is 6.85. The minimum atomic E-state index is -0.0521. The number of rotatable bonds is 6. The van der Waals surface area contributed by atoms with Gasteiger partial charge in [0.1, 0.15) is 6.61 Å². The van der Waals surface area contributed by atoms with E-state index in [-0.39, 0.29) is 11.9 Å². The van der Waals surface area contributed by atoms with E-state index in [1.54, 1.807) is 36.6 Å². The van der Waals surface area contributed by atoms with Crippen molar-refractivity contribution in [2.45, 2.75) is 52.2 Å². The average molecular weight is 375 g/mol. The SMILES string of the molecule is COc1cc(C(=O)N[C@@H]2CCCC[C@H]2C)ccc1OCc1csc(C)n1. The van der Waals surface area contributed by atoms with Gasteiger partial charge in [0.15, 0.2) is 11.5 Å². The number of thiazole rings is 1. The molecule has 1 amide bonds. The zero-order valence-corrected chi connectivity index (χ0v) is 16.4. The van der Waals surface area contributed by atoms with Crippen molar-refractivity contribution < 1.29 is 14.3 Å². The van der Waals surface area contributed by atoms with E-state index >= 15 is 0 Å². The van der Waals surface area contributed by atoms with Crippen molar-refractivity contribution in [3.8, 4) is 11.5 Å².